The second-order valence-electron chi connectivity index (χ2n) is 6.70. The molecule has 0 unspecified atom stereocenters. The van der Waals surface area contributed by atoms with Crippen LogP contribution in [0.5, 0.6) is 0 Å². The van der Waals surface area contributed by atoms with E-state index in [1.165, 1.54) is 11.8 Å². The van der Waals surface area contributed by atoms with Crippen LogP contribution in [0.25, 0.3) is 11.8 Å². The van der Waals surface area contributed by atoms with Crippen molar-refractivity contribution < 1.29 is 9.53 Å². The molecule has 2 aromatic rings. The Morgan fingerprint density at radius 1 is 1.18 bits per heavy atom. The molecule has 28 heavy (non-hydrogen) atoms. The van der Waals surface area contributed by atoms with Crippen LogP contribution in [0.3, 0.4) is 0 Å². The van der Waals surface area contributed by atoms with Gasteiger partial charge in [0.05, 0.1) is 24.4 Å². The molecule has 2 saturated heterocycles. The Morgan fingerprint density at radius 3 is 2.68 bits per heavy atom. The molecule has 0 saturated carbocycles. The van der Waals surface area contributed by atoms with Gasteiger partial charge in [-0.05, 0) is 30.2 Å². The maximum absolute atomic E-state index is 12.8. The molecule has 2 fully saturated rings. The number of thioether (sulfide) groups is 1. The van der Waals surface area contributed by atoms with Crippen molar-refractivity contribution in [3.8, 4) is 5.69 Å². The van der Waals surface area contributed by atoms with E-state index in [1.54, 1.807) is 17.4 Å². The van der Waals surface area contributed by atoms with E-state index >= 15 is 0 Å². The van der Waals surface area contributed by atoms with Crippen LogP contribution in [0.15, 0.2) is 47.9 Å². The molecule has 0 spiro atoms. The Hall–Kier alpha value is -2.00. The van der Waals surface area contributed by atoms with Gasteiger partial charge in [0.2, 0.25) is 0 Å². The monoisotopic (exact) mass is 414 g/mol. The van der Waals surface area contributed by atoms with E-state index in [4.69, 9.17) is 17.0 Å². The van der Waals surface area contributed by atoms with E-state index in [0.29, 0.717) is 15.8 Å². The average Bonchev–Trinajstić information content (AvgIpc) is 3.34. The molecule has 0 aliphatic carbocycles. The molecule has 3 heterocycles. The number of rotatable bonds is 6. The van der Waals surface area contributed by atoms with Gasteiger partial charge in [0.25, 0.3) is 5.91 Å². The Bertz CT molecular complexity index is 859. The molecule has 0 bridgehead atoms. The van der Waals surface area contributed by atoms with Crippen LogP contribution in [0.2, 0.25) is 0 Å². The Morgan fingerprint density at radius 2 is 1.96 bits per heavy atom. The lowest BCUT2D eigenvalue weighted by Crippen LogP contribution is -2.38. The van der Waals surface area contributed by atoms with Crippen molar-refractivity contribution in [2.45, 2.75) is 6.42 Å². The minimum atomic E-state index is 0.00987. The van der Waals surface area contributed by atoms with Crippen LogP contribution in [0.4, 0.5) is 0 Å². The summed E-state index contributed by atoms with van der Waals surface area (Å²) in [7, 11) is 0. The summed E-state index contributed by atoms with van der Waals surface area (Å²) >= 11 is 6.82. The van der Waals surface area contributed by atoms with E-state index < -0.39 is 0 Å². The molecule has 1 amide bonds. The molecule has 0 N–H and O–H groups in total. The van der Waals surface area contributed by atoms with Gasteiger partial charge in [0.1, 0.15) is 4.32 Å². The van der Waals surface area contributed by atoms with Gasteiger partial charge < -0.3 is 9.30 Å². The summed E-state index contributed by atoms with van der Waals surface area (Å²) < 4.78 is 7.96. The highest BCUT2D eigenvalue weighted by Crippen LogP contribution is 2.32. The lowest BCUT2D eigenvalue weighted by atomic mass is 10.2. The number of imidazole rings is 1. The first-order chi connectivity index (χ1) is 13.7. The summed E-state index contributed by atoms with van der Waals surface area (Å²) in [5.41, 5.74) is 2.02. The quantitative estimate of drug-likeness (QED) is 0.535. The van der Waals surface area contributed by atoms with Gasteiger partial charge in [-0.1, -0.05) is 36.1 Å². The number of ether oxygens (including phenoxy) is 1. The molecular weight excluding hydrogens is 392 g/mol. The minimum absolute atomic E-state index is 0.00987. The lowest BCUT2D eigenvalue weighted by Gasteiger charge is -2.27. The van der Waals surface area contributed by atoms with Crippen molar-refractivity contribution in [2.75, 3.05) is 39.4 Å². The van der Waals surface area contributed by atoms with Crippen molar-refractivity contribution in [1.29, 1.82) is 0 Å². The third-order valence-corrected chi connectivity index (χ3v) is 6.20. The highest BCUT2D eigenvalue weighted by molar-refractivity contribution is 8.26. The molecule has 0 atom stereocenters. The first-order valence-electron chi connectivity index (χ1n) is 9.34. The van der Waals surface area contributed by atoms with Gasteiger partial charge >= 0.3 is 0 Å². The number of aromatic nitrogens is 2. The first-order valence-corrected chi connectivity index (χ1v) is 10.6. The first kappa shape index (κ1) is 19.3. The summed E-state index contributed by atoms with van der Waals surface area (Å²) in [6.45, 7) is 5.15. The molecule has 8 heteroatoms. The standard InChI is InChI=1S/C20H22N4O2S2/c25-19-18(14-16-2-4-17(5-3-16)23-9-6-21-15-23)28-20(27)24(19)8-1-7-22-10-12-26-13-11-22/h2-6,9,14-15H,1,7-8,10-13H2/b18-14-. The fourth-order valence-corrected chi connectivity index (χ4v) is 4.58. The lowest BCUT2D eigenvalue weighted by molar-refractivity contribution is -0.122. The summed E-state index contributed by atoms with van der Waals surface area (Å²) in [6.07, 6.45) is 8.24. The van der Waals surface area contributed by atoms with Gasteiger partial charge in [-0.25, -0.2) is 4.98 Å². The number of hydrogen-bond acceptors (Lipinski definition) is 6. The normalized spacial score (nSPS) is 19.7. The zero-order valence-corrected chi connectivity index (χ0v) is 17.1. The summed E-state index contributed by atoms with van der Waals surface area (Å²) in [5.74, 6) is 0.00987. The molecule has 2 aliphatic heterocycles. The van der Waals surface area contributed by atoms with E-state index in [0.717, 1.165) is 50.5 Å². The number of morpholine rings is 1. The summed E-state index contributed by atoms with van der Waals surface area (Å²) in [5, 5.41) is 0. The topological polar surface area (TPSA) is 50.6 Å². The maximum Gasteiger partial charge on any atom is 0.266 e. The molecule has 6 nitrogen and oxygen atoms in total. The smallest absolute Gasteiger partial charge is 0.266 e. The van der Waals surface area contributed by atoms with Gasteiger partial charge in [-0.2, -0.15) is 0 Å². The summed E-state index contributed by atoms with van der Waals surface area (Å²) in [4.78, 5) is 21.6. The zero-order valence-electron chi connectivity index (χ0n) is 15.5. The fraction of sp³-hybridized carbons (Fsp3) is 0.350. The largest absolute Gasteiger partial charge is 0.379 e. The van der Waals surface area contributed by atoms with Crippen molar-refractivity contribution in [1.82, 2.24) is 19.4 Å². The van der Waals surface area contributed by atoms with Crippen LogP contribution in [0, 0.1) is 0 Å². The van der Waals surface area contributed by atoms with Crippen LogP contribution in [-0.4, -0.2) is 69.0 Å². The number of benzene rings is 1. The van der Waals surface area contributed by atoms with E-state index in [2.05, 4.69) is 9.88 Å². The van der Waals surface area contributed by atoms with Gasteiger partial charge in [-0.3, -0.25) is 14.6 Å². The molecule has 4 rings (SSSR count). The van der Waals surface area contributed by atoms with Gasteiger partial charge in [0, 0.05) is 44.3 Å². The minimum Gasteiger partial charge on any atom is -0.379 e. The van der Waals surface area contributed by atoms with Crippen molar-refractivity contribution in [3.05, 3.63) is 53.5 Å². The number of carbonyl (C=O) groups is 1. The second kappa shape index (κ2) is 9.00. The highest BCUT2D eigenvalue weighted by Gasteiger charge is 2.31. The Balaban J connectivity index is 1.36. The molecule has 1 aromatic heterocycles. The zero-order chi connectivity index (χ0) is 19.3. The molecule has 146 valence electrons. The SMILES string of the molecule is O=C1/C(=C/c2ccc(-n3ccnc3)cc2)SC(=S)N1CCCN1CCOCC1. The van der Waals surface area contributed by atoms with Crippen molar-refractivity contribution >= 4 is 40.3 Å². The second-order valence-corrected chi connectivity index (χ2v) is 8.38. The van der Waals surface area contributed by atoms with Crippen LogP contribution >= 0.6 is 24.0 Å². The molecule has 1 aromatic carbocycles. The van der Waals surface area contributed by atoms with E-state index in [9.17, 15) is 4.79 Å². The van der Waals surface area contributed by atoms with Gasteiger partial charge in [0.15, 0.2) is 0 Å². The molecular formula is C20H22N4O2S2. The number of carbonyl (C=O) groups excluding carboxylic acids is 1. The number of amides is 1. The number of thiocarbonyl (C=S) groups is 1. The third kappa shape index (κ3) is 4.52. The van der Waals surface area contributed by atoms with E-state index in [1.807, 2.05) is 41.1 Å². The van der Waals surface area contributed by atoms with Crippen LogP contribution in [0.1, 0.15) is 12.0 Å². The number of nitrogens with zero attached hydrogens (tertiary/aromatic N) is 4. The van der Waals surface area contributed by atoms with Crippen molar-refractivity contribution in [3.63, 3.8) is 0 Å². The fourth-order valence-electron chi connectivity index (χ4n) is 3.28. The number of hydrogen-bond donors (Lipinski definition) is 0. The third-order valence-electron chi connectivity index (χ3n) is 4.83. The molecule has 2 aliphatic rings. The Kier molecular flexibility index (Phi) is 6.21. The van der Waals surface area contributed by atoms with Crippen molar-refractivity contribution in [2.24, 2.45) is 0 Å². The van der Waals surface area contributed by atoms with E-state index in [-0.39, 0.29) is 5.91 Å². The Labute approximate surface area is 174 Å². The maximum atomic E-state index is 12.8. The summed E-state index contributed by atoms with van der Waals surface area (Å²) in [6, 6.07) is 8.02. The van der Waals surface area contributed by atoms with Crippen LogP contribution in [-0.2, 0) is 9.53 Å². The van der Waals surface area contributed by atoms with Gasteiger partial charge in [-0.15, -0.1) is 0 Å². The predicted molar refractivity (Wildman–Crippen MR) is 115 cm³/mol. The van der Waals surface area contributed by atoms with Crippen LogP contribution < -0.4 is 0 Å². The molecule has 0 radical (unpaired) electrons. The highest BCUT2D eigenvalue weighted by atomic mass is 32.2. The predicted octanol–water partition coefficient (Wildman–Crippen LogP) is 2.80. The average molecular weight is 415 g/mol.